The number of hydrogen-bond donors (Lipinski definition) is 1. The second-order valence-electron chi connectivity index (χ2n) is 6.26. The number of benzene rings is 1. The van der Waals surface area contributed by atoms with Crippen molar-refractivity contribution in [2.24, 2.45) is 0 Å². The third kappa shape index (κ3) is 2.88. The van der Waals surface area contributed by atoms with Crippen LogP contribution in [0.4, 0.5) is 5.69 Å². The molecule has 130 valence electrons. The van der Waals surface area contributed by atoms with Crippen LogP contribution in [0.2, 0.25) is 0 Å². The molecule has 3 heterocycles. The predicted molar refractivity (Wildman–Crippen MR) is 106 cm³/mol. The second kappa shape index (κ2) is 6.72. The van der Waals surface area contributed by atoms with E-state index in [0.29, 0.717) is 11.6 Å². The maximum Gasteiger partial charge on any atom is 0.255 e. The average molecular weight is 362 g/mol. The molecule has 0 unspecified atom stereocenters. The number of hydrogen-bond acceptors (Lipinski definition) is 4. The molecule has 26 heavy (non-hydrogen) atoms. The highest BCUT2D eigenvalue weighted by molar-refractivity contribution is 7.14. The maximum atomic E-state index is 12.5. The minimum absolute atomic E-state index is 0.129. The number of aromatic nitrogens is 3. The number of nitrogens with zero attached hydrogens (tertiary/aromatic N) is 3. The number of rotatable bonds is 4. The molecule has 0 saturated carbocycles. The number of nitrogens with one attached hydrogen (secondary N) is 1. The van der Waals surface area contributed by atoms with Gasteiger partial charge < -0.3 is 9.88 Å². The highest BCUT2D eigenvalue weighted by Crippen LogP contribution is 2.36. The van der Waals surface area contributed by atoms with Crippen LogP contribution in [0.15, 0.2) is 60.4 Å². The van der Waals surface area contributed by atoms with Crippen molar-refractivity contribution in [1.82, 2.24) is 14.5 Å². The Bertz CT molecular complexity index is 1070. The van der Waals surface area contributed by atoms with Crippen LogP contribution >= 0.6 is 11.3 Å². The minimum atomic E-state index is -0.129. The van der Waals surface area contributed by atoms with Gasteiger partial charge in [0.25, 0.3) is 5.91 Å². The zero-order valence-corrected chi connectivity index (χ0v) is 15.3. The Morgan fingerprint density at radius 1 is 1.12 bits per heavy atom. The van der Waals surface area contributed by atoms with E-state index in [1.54, 1.807) is 29.8 Å². The van der Waals surface area contributed by atoms with Crippen molar-refractivity contribution in [3.05, 3.63) is 65.9 Å². The van der Waals surface area contributed by atoms with Gasteiger partial charge in [0.1, 0.15) is 12.0 Å². The zero-order chi connectivity index (χ0) is 18.1. The maximum absolute atomic E-state index is 12.5. The second-order valence-corrected chi connectivity index (χ2v) is 7.18. The minimum Gasteiger partial charge on any atom is -0.330 e. The molecule has 0 atom stereocenters. The third-order valence-corrected chi connectivity index (χ3v) is 5.15. The first-order chi connectivity index (χ1) is 12.6. The predicted octanol–water partition coefficient (Wildman–Crippen LogP) is 4.99. The molecule has 1 N–H and O–H groups in total. The van der Waals surface area contributed by atoms with Gasteiger partial charge in [0, 0.05) is 23.2 Å². The lowest BCUT2D eigenvalue weighted by molar-refractivity contribution is 0.102. The van der Waals surface area contributed by atoms with Crippen LogP contribution in [0.1, 0.15) is 30.2 Å². The molecule has 6 heteroatoms. The third-order valence-electron chi connectivity index (χ3n) is 4.23. The van der Waals surface area contributed by atoms with E-state index in [1.807, 2.05) is 41.9 Å². The summed E-state index contributed by atoms with van der Waals surface area (Å²) in [4.78, 5) is 22.4. The van der Waals surface area contributed by atoms with E-state index in [1.165, 1.54) is 0 Å². The van der Waals surface area contributed by atoms with Gasteiger partial charge in [-0.3, -0.25) is 4.79 Å². The number of anilines is 1. The molecule has 4 rings (SSSR count). The van der Waals surface area contributed by atoms with Crippen LogP contribution in [0, 0.1) is 0 Å². The fourth-order valence-electron chi connectivity index (χ4n) is 2.94. The first-order valence-electron chi connectivity index (χ1n) is 8.41. The smallest absolute Gasteiger partial charge is 0.255 e. The zero-order valence-electron chi connectivity index (χ0n) is 14.5. The molecule has 5 nitrogen and oxygen atoms in total. The van der Waals surface area contributed by atoms with Gasteiger partial charge in [0.05, 0.1) is 16.3 Å². The van der Waals surface area contributed by atoms with Gasteiger partial charge in [0.15, 0.2) is 0 Å². The summed E-state index contributed by atoms with van der Waals surface area (Å²) in [6, 6.07) is 13.5. The van der Waals surface area contributed by atoms with E-state index in [9.17, 15) is 4.79 Å². The summed E-state index contributed by atoms with van der Waals surface area (Å²) in [7, 11) is 0. The molecule has 0 spiro atoms. The van der Waals surface area contributed by atoms with E-state index < -0.39 is 0 Å². The number of carbonyl (C=O) groups excluding carboxylic acids is 1. The summed E-state index contributed by atoms with van der Waals surface area (Å²) in [6.45, 7) is 4.25. The van der Waals surface area contributed by atoms with Gasteiger partial charge in [-0.2, -0.15) is 0 Å². The van der Waals surface area contributed by atoms with Gasteiger partial charge in [-0.1, -0.05) is 18.2 Å². The van der Waals surface area contributed by atoms with Crippen LogP contribution in [0.5, 0.6) is 0 Å². The first-order valence-corrected chi connectivity index (χ1v) is 9.29. The van der Waals surface area contributed by atoms with E-state index in [-0.39, 0.29) is 5.91 Å². The Hall–Kier alpha value is -2.99. The Labute approximate surface area is 155 Å². The van der Waals surface area contributed by atoms with Crippen molar-refractivity contribution in [3.63, 3.8) is 0 Å². The molecule has 1 aromatic carbocycles. The van der Waals surface area contributed by atoms with Gasteiger partial charge in [0.2, 0.25) is 0 Å². The highest BCUT2D eigenvalue weighted by Gasteiger charge is 2.17. The quantitative estimate of drug-likeness (QED) is 0.556. The van der Waals surface area contributed by atoms with E-state index >= 15 is 0 Å². The molecule has 0 fully saturated rings. The normalized spacial score (nSPS) is 11.2. The molecule has 0 aliphatic rings. The van der Waals surface area contributed by atoms with Crippen LogP contribution in [0.3, 0.4) is 0 Å². The van der Waals surface area contributed by atoms with Gasteiger partial charge in [-0.15, -0.1) is 11.3 Å². The number of carbonyl (C=O) groups is 1. The molecule has 0 bridgehead atoms. The standard InChI is InChI=1S/C20H18N4OS/c1-13(2)24-10-8-15-17(21-12-22-19(15)24)18-16(9-11-26-18)23-20(25)14-6-4-3-5-7-14/h3-13H,1-2H3,(H,23,25). The molecule has 3 aromatic heterocycles. The van der Waals surface area contributed by atoms with Crippen molar-refractivity contribution < 1.29 is 4.79 Å². The Morgan fingerprint density at radius 3 is 2.69 bits per heavy atom. The topological polar surface area (TPSA) is 59.8 Å². The van der Waals surface area contributed by atoms with E-state index in [0.717, 1.165) is 27.3 Å². The van der Waals surface area contributed by atoms with Gasteiger partial charge in [-0.05, 0) is 43.5 Å². The molecule has 0 aliphatic heterocycles. The molecular weight excluding hydrogens is 344 g/mol. The number of amides is 1. The fourth-order valence-corrected chi connectivity index (χ4v) is 3.80. The lowest BCUT2D eigenvalue weighted by Crippen LogP contribution is -2.11. The summed E-state index contributed by atoms with van der Waals surface area (Å²) in [5.74, 6) is -0.129. The molecular formula is C20H18N4OS. The monoisotopic (exact) mass is 362 g/mol. The van der Waals surface area contributed by atoms with Gasteiger partial charge >= 0.3 is 0 Å². The summed E-state index contributed by atoms with van der Waals surface area (Å²) < 4.78 is 2.12. The Balaban J connectivity index is 1.74. The molecule has 0 radical (unpaired) electrons. The van der Waals surface area contributed by atoms with Crippen LogP contribution in [0.25, 0.3) is 21.6 Å². The average Bonchev–Trinajstić information content (AvgIpc) is 3.29. The first kappa shape index (κ1) is 16.5. The van der Waals surface area contributed by atoms with Crippen molar-refractivity contribution in [2.75, 3.05) is 5.32 Å². The molecule has 1 amide bonds. The lowest BCUT2D eigenvalue weighted by atomic mass is 10.2. The van der Waals surface area contributed by atoms with Crippen molar-refractivity contribution >= 4 is 34.0 Å². The summed E-state index contributed by atoms with van der Waals surface area (Å²) in [5, 5.41) is 5.95. The highest BCUT2D eigenvalue weighted by atomic mass is 32.1. The Morgan fingerprint density at radius 2 is 1.92 bits per heavy atom. The van der Waals surface area contributed by atoms with Crippen LogP contribution in [-0.4, -0.2) is 20.4 Å². The number of thiophene rings is 1. The number of fused-ring (bicyclic) bond motifs is 1. The molecule has 0 saturated heterocycles. The van der Waals surface area contributed by atoms with Crippen molar-refractivity contribution in [3.8, 4) is 10.6 Å². The summed E-state index contributed by atoms with van der Waals surface area (Å²) >= 11 is 1.56. The molecule has 0 aliphatic carbocycles. The van der Waals surface area contributed by atoms with Crippen molar-refractivity contribution in [1.29, 1.82) is 0 Å². The van der Waals surface area contributed by atoms with Crippen molar-refractivity contribution in [2.45, 2.75) is 19.9 Å². The fraction of sp³-hybridized carbons (Fsp3) is 0.150. The van der Waals surface area contributed by atoms with E-state index in [4.69, 9.17) is 0 Å². The van der Waals surface area contributed by atoms with Gasteiger partial charge in [-0.25, -0.2) is 9.97 Å². The summed E-state index contributed by atoms with van der Waals surface area (Å²) in [6.07, 6.45) is 3.61. The van der Waals surface area contributed by atoms with Crippen LogP contribution in [-0.2, 0) is 0 Å². The van der Waals surface area contributed by atoms with Crippen LogP contribution < -0.4 is 5.32 Å². The SMILES string of the molecule is CC(C)n1ccc2c(-c3sccc3NC(=O)c3ccccc3)ncnc21. The molecule has 4 aromatic rings. The lowest BCUT2D eigenvalue weighted by Gasteiger charge is -2.10. The van der Waals surface area contributed by atoms with E-state index in [2.05, 4.69) is 33.7 Å². The Kier molecular flexibility index (Phi) is 4.26. The largest absolute Gasteiger partial charge is 0.330 e. The summed E-state index contributed by atoms with van der Waals surface area (Å²) in [5.41, 5.74) is 3.14.